The quantitative estimate of drug-likeness (QED) is 0.542. The largest absolute Gasteiger partial charge is 0.383 e. The van der Waals surface area contributed by atoms with Gasteiger partial charge in [0.05, 0.1) is 6.61 Å². The molecule has 2 rings (SSSR count). The Balaban J connectivity index is 2.59. The molecule has 2 N–H and O–H groups in total. The van der Waals surface area contributed by atoms with Crippen molar-refractivity contribution in [2.45, 2.75) is 44.5 Å². The second kappa shape index (κ2) is 2.00. The first-order valence-corrected chi connectivity index (χ1v) is 4.54. The van der Waals surface area contributed by atoms with Crippen LogP contribution in [0.15, 0.2) is 11.1 Å². The standard InChI is InChI=1S/C10H16O3/c1-6-7(2)10(12)5-13-9(10,4)8(6,3)11/h11-12H,5H2,1-4H3/t8-,9+,10+/m0/s1. The Hall–Kier alpha value is -0.380. The lowest BCUT2D eigenvalue weighted by atomic mass is 9.72. The second-order valence-corrected chi connectivity index (χ2v) is 4.50. The van der Waals surface area contributed by atoms with Gasteiger partial charge in [-0.25, -0.2) is 0 Å². The lowest BCUT2D eigenvalue weighted by molar-refractivity contribution is -0.315. The molecule has 0 amide bonds. The summed E-state index contributed by atoms with van der Waals surface area (Å²) in [7, 11) is 0. The van der Waals surface area contributed by atoms with E-state index in [9.17, 15) is 10.2 Å². The minimum absolute atomic E-state index is 0.294. The maximum Gasteiger partial charge on any atom is 0.141 e. The molecule has 1 saturated heterocycles. The van der Waals surface area contributed by atoms with Crippen LogP contribution in [-0.4, -0.2) is 33.6 Å². The first-order chi connectivity index (χ1) is 5.77. The van der Waals surface area contributed by atoms with Crippen molar-refractivity contribution < 1.29 is 14.9 Å². The van der Waals surface area contributed by atoms with E-state index in [-0.39, 0.29) is 0 Å². The highest BCUT2D eigenvalue weighted by Gasteiger charge is 2.71. The molecule has 1 fully saturated rings. The summed E-state index contributed by atoms with van der Waals surface area (Å²) in [5.41, 5.74) is -1.18. The van der Waals surface area contributed by atoms with Gasteiger partial charge in [-0.15, -0.1) is 0 Å². The van der Waals surface area contributed by atoms with Crippen molar-refractivity contribution in [1.82, 2.24) is 0 Å². The number of hydrogen-bond donors (Lipinski definition) is 2. The lowest BCUT2D eigenvalue weighted by Gasteiger charge is -2.55. The fraction of sp³-hybridized carbons (Fsp3) is 0.800. The van der Waals surface area contributed by atoms with Crippen LogP contribution >= 0.6 is 0 Å². The average molecular weight is 184 g/mol. The molecule has 13 heavy (non-hydrogen) atoms. The molecule has 0 aromatic heterocycles. The van der Waals surface area contributed by atoms with E-state index in [1.807, 2.05) is 13.8 Å². The Bertz CT molecular complexity index is 284. The van der Waals surface area contributed by atoms with Gasteiger partial charge in [0.2, 0.25) is 0 Å². The van der Waals surface area contributed by atoms with Crippen LogP contribution < -0.4 is 0 Å². The molecule has 74 valence electrons. The SMILES string of the molecule is CC1=C(C)[C@]2(O)CO[C@]2(C)[C@@]1(C)O. The summed E-state index contributed by atoms with van der Waals surface area (Å²) in [5, 5.41) is 20.4. The van der Waals surface area contributed by atoms with E-state index < -0.39 is 16.8 Å². The number of ether oxygens (including phenoxy) is 1. The maximum absolute atomic E-state index is 10.2. The summed E-state index contributed by atoms with van der Waals surface area (Å²) in [4.78, 5) is 0. The zero-order valence-electron chi connectivity index (χ0n) is 8.51. The van der Waals surface area contributed by atoms with E-state index in [1.165, 1.54) is 0 Å². The summed E-state index contributed by atoms with van der Waals surface area (Å²) in [5.74, 6) is 0. The molecule has 0 unspecified atom stereocenters. The molecule has 1 aliphatic carbocycles. The number of rotatable bonds is 0. The van der Waals surface area contributed by atoms with Crippen molar-refractivity contribution in [2.75, 3.05) is 6.61 Å². The first-order valence-electron chi connectivity index (χ1n) is 4.54. The van der Waals surface area contributed by atoms with Crippen LogP contribution in [0.1, 0.15) is 27.7 Å². The van der Waals surface area contributed by atoms with E-state index in [0.29, 0.717) is 6.61 Å². The normalized spacial score (nSPS) is 54.9. The van der Waals surface area contributed by atoms with Crippen molar-refractivity contribution >= 4 is 0 Å². The minimum atomic E-state index is -1.05. The van der Waals surface area contributed by atoms with Crippen molar-refractivity contribution in [3.63, 3.8) is 0 Å². The molecule has 0 radical (unpaired) electrons. The smallest absolute Gasteiger partial charge is 0.141 e. The Morgan fingerprint density at radius 3 is 1.85 bits per heavy atom. The molecule has 2 aliphatic rings. The van der Waals surface area contributed by atoms with Crippen molar-refractivity contribution in [1.29, 1.82) is 0 Å². The molecule has 0 spiro atoms. The Morgan fingerprint density at radius 1 is 1.15 bits per heavy atom. The molecule has 0 saturated carbocycles. The molecule has 3 heteroatoms. The highest BCUT2D eigenvalue weighted by atomic mass is 16.6. The molecule has 3 nitrogen and oxygen atoms in total. The predicted molar refractivity (Wildman–Crippen MR) is 48.3 cm³/mol. The molecule has 0 aromatic carbocycles. The molecule has 1 heterocycles. The van der Waals surface area contributed by atoms with E-state index in [1.54, 1.807) is 13.8 Å². The number of fused-ring (bicyclic) bond motifs is 1. The Morgan fingerprint density at radius 2 is 1.69 bits per heavy atom. The topological polar surface area (TPSA) is 49.7 Å². The fourth-order valence-electron chi connectivity index (χ4n) is 2.47. The molecule has 0 aromatic rings. The van der Waals surface area contributed by atoms with Crippen LogP contribution in [0.2, 0.25) is 0 Å². The monoisotopic (exact) mass is 184 g/mol. The molecule has 0 bridgehead atoms. The Labute approximate surface area is 78.0 Å². The van der Waals surface area contributed by atoms with E-state index in [4.69, 9.17) is 4.74 Å². The van der Waals surface area contributed by atoms with Gasteiger partial charge in [-0.2, -0.15) is 0 Å². The molecular weight excluding hydrogens is 168 g/mol. The second-order valence-electron chi connectivity index (χ2n) is 4.50. The van der Waals surface area contributed by atoms with Crippen LogP contribution in [0.4, 0.5) is 0 Å². The summed E-state index contributed by atoms with van der Waals surface area (Å²) in [6, 6.07) is 0. The van der Waals surface area contributed by atoms with Crippen molar-refractivity contribution in [3.05, 3.63) is 11.1 Å². The van der Waals surface area contributed by atoms with E-state index in [2.05, 4.69) is 0 Å². The van der Waals surface area contributed by atoms with Gasteiger partial charge in [-0.3, -0.25) is 0 Å². The van der Waals surface area contributed by atoms with Gasteiger partial charge in [0, 0.05) is 0 Å². The number of aliphatic hydroxyl groups is 2. The van der Waals surface area contributed by atoms with Crippen LogP contribution in [0.5, 0.6) is 0 Å². The number of hydrogen-bond acceptors (Lipinski definition) is 3. The van der Waals surface area contributed by atoms with Gasteiger partial charge in [0.15, 0.2) is 0 Å². The van der Waals surface area contributed by atoms with Crippen LogP contribution in [0.25, 0.3) is 0 Å². The molecule has 3 atom stereocenters. The van der Waals surface area contributed by atoms with Crippen LogP contribution in [-0.2, 0) is 4.74 Å². The van der Waals surface area contributed by atoms with Gasteiger partial charge in [-0.1, -0.05) is 0 Å². The van der Waals surface area contributed by atoms with E-state index >= 15 is 0 Å². The molecule has 1 aliphatic heterocycles. The maximum atomic E-state index is 10.2. The van der Waals surface area contributed by atoms with Crippen molar-refractivity contribution in [3.8, 4) is 0 Å². The van der Waals surface area contributed by atoms with Gasteiger partial charge in [0.1, 0.15) is 16.8 Å². The summed E-state index contributed by atoms with van der Waals surface area (Å²) in [6.45, 7) is 7.46. The van der Waals surface area contributed by atoms with Crippen molar-refractivity contribution in [2.24, 2.45) is 0 Å². The lowest BCUT2D eigenvalue weighted by Crippen LogP contribution is -2.72. The predicted octanol–water partition coefficient (Wildman–Crippen LogP) is 0.607. The zero-order chi connectivity index (χ0) is 10.1. The van der Waals surface area contributed by atoms with E-state index in [0.717, 1.165) is 11.1 Å². The third-order valence-corrected chi connectivity index (χ3v) is 4.20. The fourth-order valence-corrected chi connectivity index (χ4v) is 2.47. The zero-order valence-corrected chi connectivity index (χ0v) is 8.51. The third kappa shape index (κ3) is 0.652. The minimum Gasteiger partial charge on any atom is -0.383 e. The highest BCUT2D eigenvalue weighted by Crippen LogP contribution is 2.57. The van der Waals surface area contributed by atoms with Gasteiger partial charge >= 0.3 is 0 Å². The molecular formula is C10H16O3. The first kappa shape index (κ1) is 9.19. The van der Waals surface area contributed by atoms with Crippen LogP contribution in [0.3, 0.4) is 0 Å². The third-order valence-electron chi connectivity index (χ3n) is 4.20. The average Bonchev–Trinajstić information content (AvgIpc) is 2.13. The van der Waals surface area contributed by atoms with Gasteiger partial charge in [-0.05, 0) is 38.8 Å². The van der Waals surface area contributed by atoms with Gasteiger partial charge in [0.25, 0.3) is 0 Å². The van der Waals surface area contributed by atoms with Gasteiger partial charge < -0.3 is 14.9 Å². The van der Waals surface area contributed by atoms with Crippen LogP contribution in [0, 0.1) is 0 Å². The highest BCUT2D eigenvalue weighted by molar-refractivity contribution is 5.46. The summed E-state index contributed by atoms with van der Waals surface area (Å²) < 4.78 is 5.36. The summed E-state index contributed by atoms with van der Waals surface area (Å²) in [6.07, 6.45) is 0. The summed E-state index contributed by atoms with van der Waals surface area (Å²) >= 11 is 0. The Kier molecular flexibility index (Phi) is 1.41.